The number of rotatable bonds is 5. The molecule has 10 heteroatoms. The fourth-order valence-corrected chi connectivity index (χ4v) is 3.88. The summed E-state index contributed by atoms with van der Waals surface area (Å²) in [7, 11) is -6.67. The Morgan fingerprint density at radius 1 is 0.889 bits per heavy atom. The van der Waals surface area contributed by atoms with E-state index in [1.165, 1.54) is 25.6 Å². The van der Waals surface area contributed by atoms with Crippen molar-refractivity contribution in [1.82, 2.24) is 4.98 Å². The first-order valence-electron chi connectivity index (χ1n) is 7.44. The van der Waals surface area contributed by atoms with Gasteiger partial charge in [-0.05, 0) is 30.3 Å². The molecular weight excluding hydrogens is 409 g/mol. The molecule has 0 bridgehead atoms. The maximum Gasteiger partial charge on any atom is 0.310 e. The Kier molecular flexibility index (Phi) is 4.20. The van der Waals surface area contributed by atoms with Gasteiger partial charge in [-0.3, -0.25) is 0 Å². The highest BCUT2D eigenvalue weighted by atomic mass is 32.5. The second kappa shape index (κ2) is 5.83. The minimum Gasteiger partial charge on any atom is -0.497 e. The van der Waals surface area contributed by atoms with Crippen molar-refractivity contribution in [1.29, 1.82) is 0 Å². The van der Waals surface area contributed by atoms with E-state index in [4.69, 9.17) is 9.47 Å². The summed E-state index contributed by atoms with van der Waals surface area (Å²) < 4.78 is 74.6. The number of halogens is 5. The van der Waals surface area contributed by atoms with Gasteiger partial charge in [0.05, 0.1) is 19.9 Å². The molecule has 0 spiro atoms. The predicted molar refractivity (Wildman–Crippen MR) is 97.5 cm³/mol. The van der Waals surface area contributed by atoms with Crippen molar-refractivity contribution < 1.29 is 28.9 Å². The molecule has 1 aromatic heterocycles. The molecule has 1 heterocycles. The molecule has 0 atom stereocenters. The summed E-state index contributed by atoms with van der Waals surface area (Å²) in [6.07, 6.45) is 0. The van der Waals surface area contributed by atoms with E-state index in [1.807, 2.05) is 0 Å². The molecule has 3 aromatic rings. The molecule has 0 radical (unpaired) electrons. The lowest BCUT2D eigenvalue weighted by Crippen LogP contribution is -2.05. The molecule has 0 aliphatic carbocycles. The number of thiazole rings is 1. The quantitative estimate of drug-likeness (QED) is 0.408. The van der Waals surface area contributed by atoms with E-state index in [0.717, 1.165) is 12.1 Å². The SMILES string of the molecule is COc1ccc(OC)c(-c2csc(-c3ccc(S(F)(F)(F)(F)F)cc3)n2)c1. The molecule has 0 saturated heterocycles. The van der Waals surface area contributed by atoms with Crippen molar-refractivity contribution in [3.05, 3.63) is 47.8 Å². The van der Waals surface area contributed by atoms with Crippen LogP contribution in [0, 0.1) is 0 Å². The van der Waals surface area contributed by atoms with Crippen LogP contribution in [0.25, 0.3) is 21.8 Å². The summed E-state index contributed by atoms with van der Waals surface area (Å²) in [6.45, 7) is 0. The molecule has 0 aliphatic heterocycles. The Morgan fingerprint density at radius 3 is 2.11 bits per heavy atom. The van der Waals surface area contributed by atoms with Gasteiger partial charge in [0.25, 0.3) is 0 Å². The van der Waals surface area contributed by atoms with Gasteiger partial charge < -0.3 is 9.47 Å². The Hall–Kier alpha value is -2.33. The zero-order chi connectivity index (χ0) is 19.9. The Labute approximate surface area is 156 Å². The molecule has 0 fully saturated rings. The van der Waals surface area contributed by atoms with Crippen LogP contribution in [-0.4, -0.2) is 19.2 Å². The molecule has 0 N–H and O–H groups in total. The highest BCUT2D eigenvalue weighted by Crippen LogP contribution is 3.02. The lowest BCUT2D eigenvalue weighted by Gasteiger charge is -2.40. The van der Waals surface area contributed by atoms with E-state index in [0.29, 0.717) is 45.5 Å². The molecule has 146 valence electrons. The van der Waals surface area contributed by atoms with Gasteiger partial charge in [-0.15, -0.1) is 11.3 Å². The summed E-state index contributed by atoms with van der Waals surface area (Å²) >= 11 is 1.18. The van der Waals surface area contributed by atoms with E-state index < -0.39 is 15.1 Å². The summed E-state index contributed by atoms with van der Waals surface area (Å²) in [6, 6.07) is 7.87. The third-order valence-corrected chi connectivity index (χ3v) is 5.79. The van der Waals surface area contributed by atoms with Crippen LogP contribution in [-0.2, 0) is 0 Å². The van der Waals surface area contributed by atoms with E-state index >= 15 is 0 Å². The van der Waals surface area contributed by atoms with Gasteiger partial charge in [0.1, 0.15) is 21.4 Å². The maximum absolute atomic E-state index is 12.8. The minimum absolute atomic E-state index is 0.304. The summed E-state index contributed by atoms with van der Waals surface area (Å²) in [5.41, 5.74) is 1.48. The van der Waals surface area contributed by atoms with Crippen LogP contribution in [0.15, 0.2) is 52.7 Å². The highest BCUT2D eigenvalue weighted by Gasteiger charge is 2.65. The molecule has 3 rings (SSSR count). The Balaban J connectivity index is 1.98. The van der Waals surface area contributed by atoms with E-state index in [1.54, 1.807) is 23.6 Å². The maximum atomic E-state index is 12.8. The van der Waals surface area contributed by atoms with Crippen molar-refractivity contribution in [2.45, 2.75) is 4.90 Å². The summed E-state index contributed by atoms with van der Waals surface area (Å²) in [4.78, 5) is 2.46. The fraction of sp³-hybridized carbons (Fsp3) is 0.118. The predicted octanol–water partition coefficient (Wildman–Crippen LogP) is 7.15. The van der Waals surface area contributed by atoms with Gasteiger partial charge in [0.15, 0.2) is 0 Å². The van der Waals surface area contributed by atoms with Gasteiger partial charge in [-0.1, -0.05) is 31.6 Å². The normalized spacial score (nSPS) is 14.3. The zero-order valence-corrected chi connectivity index (χ0v) is 15.7. The van der Waals surface area contributed by atoms with Crippen LogP contribution >= 0.6 is 21.6 Å². The monoisotopic (exact) mass is 423 g/mol. The van der Waals surface area contributed by atoms with Crippen molar-refractivity contribution in [3.8, 4) is 33.3 Å². The van der Waals surface area contributed by atoms with Crippen LogP contribution in [0.4, 0.5) is 19.4 Å². The number of nitrogens with zero attached hydrogens (tertiary/aromatic N) is 1. The smallest absolute Gasteiger partial charge is 0.310 e. The summed E-state index contributed by atoms with van der Waals surface area (Å²) in [5, 5.41) is 2.09. The van der Waals surface area contributed by atoms with Crippen molar-refractivity contribution in [2.24, 2.45) is 0 Å². The van der Waals surface area contributed by atoms with Crippen LogP contribution < -0.4 is 9.47 Å². The van der Waals surface area contributed by atoms with Crippen LogP contribution in [0.1, 0.15) is 0 Å². The zero-order valence-electron chi connectivity index (χ0n) is 14.1. The van der Waals surface area contributed by atoms with Crippen LogP contribution in [0.3, 0.4) is 0 Å². The molecule has 0 saturated carbocycles. The van der Waals surface area contributed by atoms with Crippen LogP contribution in [0.5, 0.6) is 11.5 Å². The molecule has 0 amide bonds. The third kappa shape index (κ3) is 4.16. The molecule has 3 nitrogen and oxygen atoms in total. The van der Waals surface area contributed by atoms with Gasteiger partial charge >= 0.3 is 10.2 Å². The van der Waals surface area contributed by atoms with Crippen molar-refractivity contribution >= 4 is 21.6 Å². The fourth-order valence-electron chi connectivity index (χ4n) is 2.40. The summed E-state index contributed by atoms with van der Waals surface area (Å²) in [5.74, 6) is 1.13. The van der Waals surface area contributed by atoms with E-state index in [2.05, 4.69) is 4.98 Å². The third-order valence-electron chi connectivity index (χ3n) is 3.73. The second-order valence-electron chi connectivity index (χ2n) is 5.60. The molecular formula is C17H14F5NO2S2. The van der Waals surface area contributed by atoms with Gasteiger partial charge in [-0.25, -0.2) is 4.98 Å². The highest BCUT2D eigenvalue weighted by molar-refractivity contribution is 8.45. The largest absolute Gasteiger partial charge is 0.497 e. The lowest BCUT2D eigenvalue weighted by molar-refractivity contribution is 0.364. The number of ether oxygens (including phenoxy) is 2. The molecule has 27 heavy (non-hydrogen) atoms. The first-order chi connectivity index (χ1) is 12.4. The number of benzene rings is 2. The van der Waals surface area contributed by atoms with Gasteiger partial charge in [0, 0.05) is 16.5 Å². The van der Waals surface area contributed by atoms with Crippen molar-refractivity contribution in [2.75, 3.05) is 14.2 Å². The number of aromatic nitrogens is 1. The second-order valence-corrected chi connectivity index (χ2v) is 8.86. The topological polar surface area (TPSA) is 31.4 Å². The van der Waals surface area contributed by atoms with E-state index in [9.17, 15) is 19.4 Å². The van der Waals surface area contributed by atoms with E-state index in [-0.39, 0.29) is 0 Å². The Morgan fingerprint density at radius 2 is 1.56 bits per heavy atom. The minimum atomic E-state index is -9.68. The lowest BCUT2D eigenvalue weighted by atomic mass is 10.1. The average molecular weight is 423 g/mol. The Bertz CT molecular complexity index is 986. The first kappa shape index (κ1) is 19.4. The van der Waals surface area contributed by atoms with Crippen molar-refractivity contribution in [3.63, 3.8) is 0 Å². The first-order valence-corrected chi connectivity index (χ1v) is 10.3. The van der Waals surface area contributed by atoms with Gasteiger partial charge in [0.2, 0.25) is 0 Å². The average Bonchev–Trinajstić information content (AvgIpc) is 3.09. The number of hydrogen-bond acceptors (Lipinski definition) is 4. The number of hydrogen-bond donors (Lipinski definition) is 0. The standard InChI is InChI=1S/C17H14F5NO2S2/c1-24-12-5-8-16(25-2)14(9-12)15-10-26-17(23-15)11-3-6-13(7-4-11)27(18,19,20,21)22/h3-10H,1-2H3. The molecule has 2 aromatic carbocycles. The molecule has 0 aliphatic rings. The van der Waals surface area contributed by atoms with Gasteiger partial charge in [-0.2, -0.15) is 0 Å². The van der Waals surface area contributed by atoms with Crippen LogP contribution in [0.2, 0.25) is 0 Å². The molecule has 0 unspecified atom stereocenters. The number of methoxy groups -OCH3 is 2.